The van der Waals surface area contributed by atoms with Crippen LogP contribution in [-0.4, -0.2) is 11.1 Å². The Morgan fingerprint density at radius 2 is 2.23 bits per heavy atom. The van der Waals surface area contributed by atoms with Gasteiger partial charge in [-0.2, -0.15) is 0 Å². The van der Waals surface area contributed by atoms with Crippen LogP contribution in [0.15, 0.2) is 18.2 Å². The van der Waals surface area contributed by atoms with Gasteiger partial charge in [0.2, 0.25) is 0 Å². The second-order valence-electron chi connectivity index (χ2n) is 2.83. The molecule has 1 atom stereocenters. The summed E-state index contributed by atoms with van der Waals surface area (Å²) in [5, 5.41) is 8.98. The molecule has 0 bridgehead atoms. The number of aromatic carboxylic acids is 1. The Balaban J connectivity index is 3.19. The second-order valence-corrected chi connectivity index (χ2v) is 3.24. The molecule has 0 saturated carbocycles. The Bertz CT molecular complexity index is 336. The highest BCUT2D eigenvalue weighted by atomic mass is 35.5. The molecule has 0 aliphatic carbocycles. The molecule has 0 aromatic heterocycles. The van der Waals surface area contributed by atoms with Crippen LogP contribution in [-0.2, 0) is 0 Å². The summed E-state index contributed by atoms with van der Waals surface area (Å²) in [4.78, 5) is 10.7. The van der Waals surface area contributed by atoms with Crippen LogP contribution in [0.1, 0.15) is 28.9 Å². The number of hydrogen-bond acceptors (Lipinski definition) is 2. The summed E-state index contributed by atoms with van der Waals surface area (Å²) in [6.45, 7) is 1.79. The third kappa shape index (κ3) is 2.20. The number of carbonyl (C=O) groups is 1. The highest BCUT2D eigenvalue weighted by molar-refractivity contribution is 6.33. The normalized spacial score (nSPS) is 12.5. The van der Waals surface area contributed by atoms with Crippen molar-refractivity contribution in [3.05, 3.63) is 34.3 Å². The van der Waals surface area contributed by atoms with Crippen LogP contribution in [0.3, 0.4) is 0 Å². The van der Waals surface area contributed by atoms with Crippen LogP contribution < -0.4 is 5.73 Å². The van der Waals surface area contributed by atoms with E-state index < -0.39 is 5.97 Å². The van der Waals surface area contributed by atoms with Crippen molar-refractivity contribution in [1.29, 1.82) is 0 Å². The van der Waals surface area contributed by atoms with Gasteiger partial charge in [0.25, 0.3) is 0 Å². The van der Waals surface area contributed by atoms with Crippen LogP contribution >= 0.6 is 11.6 Å². The molecule has 1 rings (SSSR count). The summed E-state index contributed by atoms with van der Waals surface area (Å²) in [6.07, 6.45) is 0. The van der Waals surface area contributed by atoms with Gasteiger partial charge in [-0.05, 0) is 24.6 Å². The van der Waals surface area contributed by atoms with Gasteiger partial charge < -0.3 is 10.8 Å². The van der Waals surface area contributed by atoms with Gasteiger partial charge in [0.1, 0.15) is 0 Å². The van der Waals surface area contributed by atoms with Crippen molar-refractivity contribution in [2.45, 2.75) is 13.0 Å². The van der Waals surface area contributed by atoms with Gasteiger partial charge in [0, 0.05) is 6.04 Å². The summed E-state index contributed by atoms with van der Waals surface area (Å²) >= 11 is 5.67. The number of nitrogens with two attached hydrogens (primary N) is 1. The molecule has 4 heteroatoms. The SMILES string of the molecule is CC(N)c1ccc(Cl)c(C(=O)O)c1. The summed E-state index contributed by atoms with van der Waals surface area (Å²) in [6, 6.07) is 4.58. The van der Waals surface area contributed by atoms with Gasteiger partial charge in [-0.25, -0.2) is 4.79 Å². The Morgan fingerprint density at radius 3 is 2.69 bits per heavy atom. The predicted molar refractivity (Wildman–Crippen MR) is 51.0 cm³/mol. The monoisotopic (exact) mass is 199 g/mol. The first-order valence-electron chi connectivity index (χ1n) is 3.80. The molecule has 13 heavy (non-hydrogen) atoms. The third-order valence-corrected chi connectivity index (χ3v) is 2.08. The number of hydrogen-bond donors (Lipinski definition) is 2. The number of halogens is 1. The van der Waals surface area contributed by atoms with E-state index in [1.165, 1.54) is 6.07 Å². The smallest absolute Gasteiger partial charge is 0.337 e. The van der Waals surface area contributed by atoms with Crippen LogP contribution in [0.5, 0.6) is 0 Å². The lowest BCUT2D eigenvalue weighted by atomic mass is 10.1. The van der Waals surface area contributed by atoms with Crippen LogP contribution in [0.4, 0.5) is 0 Å². The Hall–Kier alpha value is -1.06. The minimum atomic E-state index is -1.03. The average Bonchev–Trinajstić information content (AvgIpc) is 2.04. The summed E-state index contributed by atoms with van der Waals surface area (Å²) in [5.41, 5.74) is 6.46. The summed E-state index contributed by atoms with van der Waals surface area (Å²) in [5.74, 6) is -1.03. The highest BCUT2D eigenvalue weighted by Crippen LogP contribution is 2.20. The van der Waals surface area contributed by atoms with E-state index in [0.29, 0.717) is 0 Å². The molecule has 1 aromatic rings. The second kappa shape index (κ2) is 3.77. The Labute approximate surface area is 81.1 Å². The van der Waals surface area contributed by atoms with Crippen molar-refractivity contribution in [1.82, 2.24) is 0 Å². The zero-order valence-corrected chi connectivity index (χ0v) is 7.88. The standard InChI is InChI=1S/C9H10ClNO2/c1-5(11)6-2-3-8(10)7(4-6)9(12)13/h2-5H,11H2,1H3,(H,12,13). The molecule has 0 aliphatic heterocycles. The minimum Gasteiger partial charge on any atom is -0.478 e. The van der Waals surface area contributed by atoms with Crippen molar-refractivity contribution >= 4 is 17.6 Å². The third-order valence-electron chi connectivity index (χ3n) is 1.75. The van der Waals surface area contributed by atoms with Crippen molar-refractivity contribution in [3.63, 3.8) is 0 Å². The lowest BCUT2D eigenvalue weighted by molar-refractivity contribution is 0.0697. The van der Waals surface area contributed by atoms with Gasteiger partial charge in [-0.1, -0.05) is 17.7 Å². The van der Waals surface area contributed by atoms with E-state index in [1.807, 2.05) is 0 Å². The highest BCUT2D eigenvalue weighted by Gasteiger charge is 2.10. The Kier molecular flexibility index (Phi) is 2.90. The topological polar surface area (TPSA) is 63.3 Å². The molecule has 0 heterocycles. The van der Waals surface area contributed by atoms with Gasteiger partial charge >= 0.3 is 5.97 Å². The maximum Gasteiger partial charge on any atom is 0.337 e. The molecule has 0 fully saturated rings. The molecule has 0 spiro atoms. The predicted octanol–water partition coefficient (Wildman–Crippen LogP) is 2.06. The first-order chi connectivity index (χ1) is 6.02. The molecule has 0 amide bonds. The van der Waals surface area contributed by atoms with E-state index in [2.05, 4.69) is 0 Å². The maximum atomic E-state index is 10.7. The largest absolute Gasteiger partial charge is 0.478 e. The van der Waals surface area contributed by atoms with Crippen molar-refractivity contribution < 1.29 is 9.90 Å². The zero-order valence-electron chi connectivity index (χ0n) is 7.12. The molecular weight excluding hydrogens is 190 g/mol. The van der Waals surface area contributed by atoms with E-state index in [-0.39, 0.29) is 16.6 Å². The fourth-order valence-corrected chi connectivity index (χ4v) is 1.19. The molecule has 0 aliphatic rings. The first kappa shape index (κ1) is 10.0. The molecule has 3 N–H and O–H groups in total. The molecule has 3 nitrogen and oxygen atoms in total. The van der Waals surface area contributed by atoms with Crippen molar-refractivity contribution in [2.24, 2.45) is 5.73 Å². The average molecular weight is 200 g/mol. The quantitative estimate of drug-likeness (QED) is 0.767. The molecule has 0 saturated heterocycles. The molecule has 0 radical (unpaired) electrons. The molecule has 70 valence electrons. The van der Waals surface area contributed by atoms with E-state index in [0.717, 1.165) is 5.56 Å². The van der Waals surface area contributed by atoms with Crippen LogP contribution in [0.25, 0.3) is 0 Å². The zero-order chi connectivity index (χ0) is 10.0. The maximum absolute atomic E-state index is 10.7. The van der Waals surface area contributed by atoms with E-state index in [9.17, 15) is 4.79 Å². The van der Waals surface area contributed by atoms with Crippen LogP contribution in [0.2, 0.25) is 5.02 Å². The van der Waals surface area contributed by atoms with Gasteiger partial charge in [-0.3, -0.25) is 0 Å². The molecule has 1 unspecified atom stereocenters. The van der Waals surface area contributed by atoms with Crippen molar-refractivity contribution in [2.75, 3.05) is 0 Å². The van der Waals surface area contributed by atoms with Gasteiger partial charge in [-0.15, -0.1) is 0 Å². The van der Waals surface area contributed by atoms with E-state index >= 15 is 0 Å². The fourth-order valence-electron chi connectivity index (χ4n) is 0.990. The summed E-state index contributed by atoms with van der Waals surface area (Å²) < 4.78 is 0. The number of carboxylic acids is 1. The van der Waals surface area contributed by atoms with E-state index in [1.54, 1.807) is 19.1 Å². The van der Waals surface area contributed by atoms with Crippen LogP contribution in [0, 0.1) is 0 Å². The number of rotatable bonds is 2. The fraction of sp³-hybridized carbons (Fsp3) is 0.222. The number of carboxylic acid groups (broad SMARTS) is 1. The van der Waals surface area contributed by atoms with Crippen molar-refractivity contribution in [3.8, 4) is 0 Å². The minimum absolute atomic E-state index is 0.0940. The molecule has 1 aromatic carbocycles. The Morgan fingerprint density at radius 1 is 1.62 bits per heavy atom. The lowest BCUT2D eigenvalue weighted by Gasteiger charge is -2.07. The lowest BCUT2D eigenvalue weighted by Crippen LogP contribution is -2.07. The molecular formula is C9H10ClNO2. The van der Waals surface area contributed by atoms with E-state index in [4.69, 9.17) is 22.4 Å². The van der Waals surface area contributed by atoms with Gasteiger partial charge in [0.05, 0.1) is 10.6 Å². The number of benzene rings is 1. The summed E-state index contributed by atoms with van der Waals surface area (Å²) in [7, 11) is 0. The first-order valence-corrected chi connectivity index (χ1v) is 4.18. The van der Waals surface area contributed by atoms with Gasteiger partial charge in [0.15, 0.2) is 0 Å².